The summed E-state index contributed by atoms with van der Waals surface area (Å²) < 4.78 is 0. The van der Waals surface area contributed by atoms with E-state index < -0.39 is 0 Å². The lowest BCUT2D eigenvalue weighted by Gasteiger charge is -1.99. The number of benzene rings is 2. The number of H-pyrrole nitrogens is 1. The van der Waals surface area contributed by atoms with Gasteiger partial charge in [0.2, 0.25) is 0 Å². The van der Waals surface area contributed by atoms with Gasteiger partial charge in [0.1, 0.15) is 0 Å². The van der Waals surface area contributed by atoms with E-state index in [9.17, 15) is 4.79 Å². The molecule has 0 unspecified atom stereocenters. The monoisotopic (exact) mass is 247 g/mol. The van der Waals surface area contributed by atoms with E-state index in [4.69, 9.17) is 0 Å². The van der Waals surface area contributed by atoms with Gasteiger partial charge in [-0.2, -0.15) is 0 Å². The molecule has 3 aromatic rings. The summed E-state index contributed by atoms with van der Waals surface area (Å²) in [6.07, 6.45) is 5.78. The van der Waals surface area contributed by atoms with Gasteiger partial charge in [-0.15, -0.1) is 0 Å². The van der Waals surface area contributed by atoms with Crippen molar-refractivity contribution in [2.24, 2.45) is 0 Å². The fourth-order valence-corrected chi connectivity index (χ4v) is 2.05. The highest BCUT2D eigenvalue weighted by molar-refractivity contribution is 5.82. The van der Waals surface area contributed by atoms with Crippen molar-refractivity contribution >= 4 is 23.1 Å². The minimum atomic E-state index is 0.0485. The molecule has 0 saturated carbocycles. The van der Waals surface area contributed by atoms with Crippen molar-refractivity contribution in [3.8, 4) is 0 Å². The van der Waals surface area contributed by atoms with Crippen molar-refractivity contribution in [1.29, 1.82) is 0 Å². The first-order valence-electron chi connectivity index (χ1n) is 6.17. The van der Waals surface area contributed by atoms with Crippen LogP contribution in [0.15, 0.2) is 65.6 Å². The minimum absolute atomic E-state index is 0.0485. The molecule has 0 amide bonds. The van der Waals surface area contributed by atoms with Gasteiger partial charge in [-0.05, 0) is 23.3 Å². The summed E-state index contributed by atoms with van der Waals surface area (Å²) in [6.45, 7) is 0. The Bertz CT molecular complexity index is 785. The number of aromatic amines is 1. The Morgan fingerprint density at radius 3 is 2.47 bits per heavy atom. The molecule has 1 N–H and O–H groups in total. The molecule has 0 radical (unpaired) electrons. The maximum absolute atomic E-state index is 11.6. The van der Waals surface area contributed by atoms with Crippen molar-refractivity contribution in [2.75, 3.05) is 0 Å². The average Bonchev–Trinajstić information content (AvgIpc) is 2.46. The fraction of sp³-hybridized carbons (Fsp3) is 0. The molecular formula is C17H13NO. The van der Waals surface area contributed by atoms with E-state index in [1.807, 2.05) is 42.5 Å². The number of hydrogen-bond acceptors (Lipinski definition) is 1. The van der Waals surface area contributed by atoms with Crippen LogP contribution < -0.4 is 5.43 Å². The Labute approximate surface area is 111 Å². The maximum atomic E-state index is 11.6. The summed E-state index contributed by atoms with van der Waals surface area (Å²) in [7, 11) is 0. The zero-order chi connectivity index (χ0) is 13.1. The molecule has 0 spiro atoms. The largest absolute Gasteiger partial charge is 0.361 e. The van der Waals surface area contributed by atoms with E-state index >= 15 is 0 Å². The molecule has 0 aliphatic carbocycles. The Hall–Kier alpha value is -2.61. The number of pyridine rings is 1. The molecule has 2 nitrogen and oxygen atoms in total. The summed E-state index contributed by atoms with van der Waals surface area (Å²) in [6, 6.07) is 17.5. The highest BCUT2D eigenvalue weighted by atomic mass is 16.1. The van der Waals surface area contributed by atoms with E-state index in [-0.39, 0.29) is 5.43 Å². The number of nitrogens with one attached hydrogen (secondary N) is 1. The van der Waals surface area contributed by atoms with Crippen molar-refractivity contribution in [1.82, 2.24) is 4.98 Å². The quantitative estimate of drug-likeness (QED) is 0.688. The number of fused-ring (bicyclic) bond motifs is 1. The lowest BCUT2D eigenvalue weighted by atomic mass is 10.1. The average molecular weight is 247 g/mol. The summed E-state index contributed by atoms with van der Waals surface area (Å²) in [4.78, 5) is 14.7. The van der Waals surface area contributed by atoms with Crippen LogP contribution in [0.1, 0.15) is 11.1 Å². The number of hydrogen-bond donors (Lipinski definition) is 1. The standard InChI is InChI=1S/C17H13NO/c19-17-10-11-18-16-12-14(8-9-15(16)17)7-6-13-4-2-1-3-5-13/h1-12H,(H,18,19)/b7-6+. The Kier molecular flexibility index (Phi) is 2.99. The second kappa shape index (κ2) is 4.94. The van der Waals surface area contributed by atoms with Crippen LogP contribution in [0.3, 0.4) is 0 Å². The number of rotatable bonds is 2. The SMILES string of the molecule is O=c1cc[nH]c2cc(/C=C/c3ccccc3)ccc12. The molecule has 1 aromatic heterocycles. The second-order valence-electron chi connectivity index (χ2n) is 4.39. The van der Waals surface area contributed by atoms with Crippen LogP contribution >= 0.6 is 0 Å². The molecule has 3 rings (SSSR count). The van der Waals surface area contributed by atoms with Crippen LogP contribution in [0.2, 0.25) is 0 Å². The van der Waals surface area contributed by atoms with Gasteiger partial charge in [0, 0.05) is 23.2 Å². The van der Waals surface area contributed by atoms with Gasteiger partial charge in [0.25, 0.3) is 0 Å². The van der Waals surface area contributed by atoms with E-state index in [1.54, 1.807) is 12.3 Å². The highest BCUT2D eigenvalue weighted by Crippen LogP contribution is 2.13. The Morgan fingerprint density at radius 1 is 0.842 bits per heavy atom. The minimum Gasteiger partial charge on any atom is -0.361 e. The molecule has 0 fully saturated rings. The molecule has 2 heteroatoms. The third-order valence-corrected chi connectivity index (χ3v) is 3.05. The molecule has 0 aliphatic heterocycles. The van der Waals surface area contributed by atoms with Crippen molar-refractivity contribution in [2.45, 2.75) is 0 Å². The summed E-state index contributed by atoms with van der Waals surface area (Å²) >= 11 is 0. The van der Waals surface area contributed by atoms with Gasteiger partial charge in [-0.25, -0.2) is 0 Å². The topological polar surface area (TPSA) is 32.9 Å². The van der Waals surface area contributed by atoms with Crippen LogP contribution in [0, 0.1) is 0 Å². The van der Waals surface area contributed by atoms with Crippen molar-refractivity contribution < 1.29 is 0 Å². The van der Waals surface area contributed by atoms with Gasteiger partial charge in [0.15, 0.2) is 5.43 Å². The van der Waals surface area contributed by atoms with Crippen LogP contribution in [0.4, 0.5) is 0 Å². The van der Waals surface area contributed by atoms with Crippen LogP contribution in [0.25, 0.3) is 23.1 Å². The van der Waals surface area contributed by atoms with Crippen molar-refractivity contribution in [3.63, 3.8) is 0 Å². The molecule has 0 aliphatic rings. The predicted octanol–water partition coefficient (Wildman–Crippen LogP) is 3.70. The van der Waals surface area contributed by atoms with E-state index in [0.29, 0.717) is 0 Å². The van der Waals surface area contributed by atoms with Gasteiger partial charge >= 0.3 is 0 Å². The summed E-state index contributed by atoms with van der Waals surface area (Å²) in [5.41, 5.74) is 3.14. The molecule has 92 valence electrons. The Morgan fingerprint density at radius 2 is 1.63 bits per heavy atom. The molecule has 2 aromatic carbocycles. The molecule has 0 bridgehead atoms. The lowest BCUT2D eigenvalue weighted by Crippen LogP contribution is -1.99. The molecule has 0 saturated heterocycles. The lowest BCUT2D eigenvalue weighted by molar-refractivity contribution is 1.39. The maximum Gasteiger partial charge on any atom is 0.189 e. The third-order valence-electron chi connectivity index (χ3n) is 3.05. The smallest absolute Gasteiger partial charge is 0.189 e. The number of aromatic nitrogens is 1. The first-order chi connectivity index (χ1) is 9.33. The Balaban J connectivity index is 1.98. The van der Waals surface area contributed by atoms with Crippen LogP contribution in [-0.2, 0) is 0 Å². The molecule has 19 heavy (non-hydrogen) atoms. The van der Waals surface area contributed by atoms with Gasteiger partial charge < -0.3 is 4.98 Å². The summed E-state index contributed by atoms with van der Waals surface area (Å²) in [5.74, 6) is 0. The third kappa shape index (κ3) is 2.47. The summed E-state index contributed by atoms with van der Waals surface area (Å²) in [5, 5.41) is 0.722. The highest BCUT2D eigenvalue weighted by Gasteiger charge is 1.97. The van der Waals surface area contributed by atoms with E-state index in [1.165, 1.54) is 0 Å². The van der Waals surface area contributed by atoms with Crippen LogP contribution in [-0.4, -0.2) is 4.98 Å². The zero-order valence-corrected chi connectivity index (χ0v) is 10.3. The van der Waals surface area contributed by atoms with Gasteiger partial charge in [-0.3, -0.25) is 4.79 Å². The first kappa shape index (κ1) is 11.5. The molecule has 1 heterocycles. The van der Waals surface area contributed by atoms with Gasteiger partial charge in [0.05, 0.1) is 0 Å². The van der Waals surface area contributed by atoms with Crippen LogP contribution in [0.5, 0.6) is 0 Å². The van der Waals surface area contributed by atoms with Crippen molar-refractivity contribution in [3.05, 3.63) is 82.1 Å². The van der Waals surface area contributed by atoms with Gasteiger partial charge in [-0.1, -0.05) is 48.6 Å². The normalized spacial score (nSPS) is 11.2. The van der Waals surface area contributed by atoms with E-state index in [2.05, 4.69) is 23.2 Å². The molecular weight excluding hydrogens is 234 g/mol. The zero-order valence-electron chi connectivity index (χ0n) is 10.3. The first-order valence-corrected chi connectivity index (χ1v) is 6.17. The predicted molar refractivity (Wildman–Crippen MR) is 79.9 cm³/mol. The van der Waals surface area contributed by atoms with E-state index in [0.717, 1.165) is 22.0 Å². The molecule has 0 atom stereocenters. The second-order valence-corrected chi connectivity index (χ2v) is 4.39. The fourth-order valence-electron chi connectivity index (χ4n) is 2.05.